The van der Waals surface area contributed by atoms with Crippen LogP contribution in [-0.4, -0.2) is 33.0 Å². The van der Waals surface area contributed by atoms with Gasteiger partial charge in [-0.15, -0.1) is 11.6 Å². The molecule has 0 radical (unpaired) electrons. The highest BCUT2D eigenvalue weighted by Gasteiger charge is 2.24. The Balaban J connectivity index is 2.42. The van der Waals surface area contributed by atoms with E-state index < -0.39 is 0 Å². The second-order valence-corrected chi connectivity index (χ2v) is 6.30. The minimum atomic E-state index is 0.114. The third-order valence-corrected chi connectivity index (χ3v) is 3.90. The van der Waals surface area contributed by atoms with E-state index in [0.29, 0.717) is 5.88 Å². The fourth-order valence-electron chi connectivity index (χ4n) is 2.53. The molecule has 0 atom stereocenters. The number of rotatable bonds is 6. The van der Waals surface area contributed by atoms with E-state index in [1.807, 2.05) is 18.7 Å². The fraction of sp³-hybridized carbons (Fsp3) is 0.714. The Labute approximate surface area is 124 Å². The SMILES string of the molecule is COCCC(C)(C)Cn1c(CCl)nc2c(C)nn(C)c21. The second kappa shape index (κ2) is 5.74. The standard InChI is InChI=1S/C14H23ClN4O/c1-10-12-13(18(4)17-10)19(11(8-15)16-12)9-14(2,3)6-7-20-5/h6-9H2,1-5H3. The molecule has 5 nitrogen and oxygen atoms in total. The summed E-state index contributed by atoms with van der Waals surface area (Å²) in [5, 5.41) is 4.44. The molecule has 0 saturated carbocycles. The van der Waals surface area contributed by atoms with E-state index in [2.05, 4.69) is 28.5 Å². The highest BCUT2D eigenvalue weighted by Crippen LogP contribution is 2.28. The van der Waals surface area contributed by atoms with E-state index in [9.17, 15) is 0 Å². The third-order valence-electron chi connectivity index (χ3n) is 3.66. The number of ether oxygens (including phenoxy) is 1. The van der Waals surface area contributed by atoms with E-state index in [1.54, 1.807) is 7.11 Å². The zero-order chi connectivity index (χ0) is 14.9. The van der Waals surface area contributed by atoms with Gasteiger partial charge in [-0.2, -0.15) is 5.10 Å². The summed E-state index contributed by atoms with van der Waals surface area (Å²) in [5.41, 5.74) is 3.06. The fourth-order valence-corrected chi connectivity index (χ4v) is 2.74. The first-order valence-electron chi connectivity index (χ1n) is 6.83. The van der Waals surface area contributed by atoms with Gasteiger partial charge in [-0.05, 0) is 18.8 Å². The number of methoxy groups -OCH3 is 1. The molecule has 2 heterocycles. The second-order valence-electron chi connectivity index (χ2n) is 6.04. The summed E-state index contributed by atoms with van der Waals surface area (Å²) in [6.45, 7) is 8.06. The highest BCUT2D eigenvalue weighted by molar-refractivity contribution is 6.16. The van der Waals surface area contributed by atoms with Crippen molar-refractivity contribution in [3.8, 4) is 0 Å². The lowest BCUT2D eigenvalue weighted by molar-refractivity contribution is 0.142. The van der Waals surface area contributed by atoms with E-state index in [4.69, 9.17) is 16.3 Å². The first kappa shape index (κ1) is 15.3. The van der Waals surface area contributed by atoms with Gasteiger partial charge in [0.15, 0.2) is 5.65 Å². The lowest BCUT2D eigenvalue weighted by atomic mass is 9.89. The van der Waals surface area contributed by atoms with Crippen molar-refractivity contribution in [1.29, 1.82) is 0 Å². The first-order chi connectivity index (χ1) is 9.39. The zero-order valence-corrected chi connectivity index (χ0v) is 13.7. The molecule has 2 aromatic rings. The van der Waals surface area contributed by atoms with Crippen LogP contribution in [0.25, 0.3) is 11.2 Å². The molecule has 0 spiro atoms. The number of nitrogens with zero attached hydrogens (tertiary/aromatic N) is 4. The molecule has 112 valence electrons. The maximum Gasteiger partial charge on any atom is 0.158 e. The van der Waals surface area contributed by atoms with Crippen LogP contribution in [-0.2, 0) is 24.2 Å². The zero-order valence-electron chi connectivity index (χ0n) is 12.9. The average molecular weight is 299 g/mol. The number of aromatic nitrogens is 4. The van der Waals surface area contributed by atoms with Crippen molar-refractivity contribution in [3.05, 3.63) is 11.5 Å². The summed E-state index contributed by atoms with van der Waals surface area (Å²) >= 11 is 6.06. The van der Waals surface area contributed by atoms with Gasteiger partial charge in [-0.25, -0.2) is 4.98 Å². The quantitative estimate of drug-likeness (QED) is 0.770. The molecular formula is C14H23ClN4O. The summed E-state index contributed by atoms with van der Waals surface area (Å²) in [6, 6.07) is 0. The highest BCUT2D eigenvalue weighted by atomic mass is 35.5. The predicted molar refractivity (Wildman–Crippen MR) is 81.1 cm³/mol. The van der Waals surface area contributed by atoms with Crippen LogP contribution in [0.5, 0.6) is 0 Å². The molecule has 2 rings (SSSR count). The van der Waals surface area contributed by atoms with Crippen molar-refractivity contribution >= 4 is 22.8 Å². The number of imidazole rings is 1. The number of fused-ring (bicyclic) bond motifs is 1. The minimum Gasteiger partial charge on any atom is -0.385 e. The van der Waals surface area contributed by atoms with Gasteiger partial charge >= 0.3 is 0 Å². The van der Waals surface area contributed by atoms with Crippen molar-refractivity contribution in [2.45, 2.75) is 39.6 Å². The number of hydrogen-bond donors (Lipinski definition) is 0. The smallest absolute Gasteiger partial charge is 0.158 e. The molecule has 0 aromatic carbocycles. The van der Waals surface area contributed by atoms with Crippen LogP contribution in [0.15, 0.2) is 0 Å². The molecule has 20 heavy (non-hydrogen) atoms. The Morgan fingerprint density at radius 1 is 1.35 bits per heavy atom. The molecule has 0 aliphatic rings. The summed E-state index contributed by atoms with van der Waals surface area (Å²) in [6.07, 6.45) is 0.988. The van der Waals surface area contributed by atoms with Crippen molar-refractivity contribution in [1.82, 2.24) is 19.3 Å². The van der Waals surface area contributed by atoms with Crippen LogP contribution in [0.2, 0.25) is 0 Å². The van der Waals surface area contributed by atoms with Crippen molar-refractivity contribution in [2.24, 2.45) is 12.5 Å². The summed E-state index contributed by atoms with van der Waals surface area (Å²) < 4.78 is 9.28. The van der Waals surface area contributed by atoms with Gasteiger partial charge in [-0.3, -0.25) is 4.68 Å². The van der Waals surface area contributed by atoms with E-state index in [0.717, 1.165) is 42.3 Å². The number of aryl methyl sites for hydroxylation is 2. The van der Waals surface area contributed by atoms with E-state index >= 15 is 0 Å². The topological polar surface area (TPSA) is 44.9 Å². The van der Waals surface area contributed by atoms with Gasteiger partial charge < -0.3 is 9.30 Å². The lowest BCUT2D eigenvalue weighted by Crippen LogP contribution is -2.23. The van der Waals surface area contributed by atoms with Gasteiger partial charge in [0.2, 0.25) is 0 Å². The Morgan fingerprint density at radius 3 is 2.65 bits per heavy atom. The molecule has 0 amide bonds. The third kappa shape index (κ3) is 2.83. The normalized spacial score (nSPS) is 12.5. The minimum absolute atomic E-state index is 0.114. The number of hydrogen-bond acceptors (Lipinski definition) is 3. The van der Waals surface area contributed by atoms with Crippen LogP contribution >= 0.6 is 11.6 Å². The van der Waals surface area contributed by atoms with E-state index in [1.165, 1.54) is 0 Å². The van der Waals surface area contributed by atoms with Gasteiger partial charge in [0.25, 0.3) is 0 Å². The van der Waals surface area contributed by atoms with Crippen LogP contribution in [0.3, 0.4) is 0 Å². The average Bonchev–Trinajstić information content (AvgIpc) is 2.86. The van der Waals surface area contributed by atoms with Crippen LogP contribution in [0, 0.1) is 12.3 Å². The van der Waals surface area contributed by atoms with Gasteiger partial charge in [0.05, 0.1) is 11.6 Å². The van der Waals surface area contributed by atoms with E-state index in [-0.39, 0.29) is 5.41 Å². The molecule has 0 aliphatic heterocycles. The summed E-state index contributed by atoms with van der Waals surface area (Å²) in [4.78, 5) is 4.63. The predicted octanol–water partition coefficient (Wildman–Crippen LogP) is 2.88. The monoisotopic (exact) mass is 298 g/mol. The molecule has 0 saturated heterocycles. The molecule has 0 fully saturated rings. The van der Waals surface area contributed by atoms with Crippen LogP contribution < -0.4 is 0 Å². The maximum absolute atomic E-state index is 6.06. The lowest BCUT2D eigenvalue weighted by Gasteiger charge is -2.26. The molecule has 6 heteroatoms. The van der Waals surface area contributed by atoms with Crippen molar-refractivity contribution in [2.75, 3.05) is 13.7 Å². The van der Waals surface area contributed by atoms with Crippen molar-refractivity contribution in [3.63, 3.8) is 0 Å². The largest absolute Gasteiger partial charge is 0.385 e. The Bertz CT molecular complexity index is 600. The molecular weight excluding hydrogens is 276 g/mol. The van der Waals surface area contributed by atoms with Crippen molar-refractivity contribution < 1.29 is 4.74 Å². The van der Waals surface area contributed by atoms with Gasteiger partial charge in [-0.1, -0.05) is 13.8 Å². The number of halogens is 1. The van der Waals surface area contributed by atoms with Crippen LogP contribution in [0.4, 0.5) is 0 Å². The first-order valence-corrected chi connectivity index (χ1v) is 7.36. The Morgan fingerprint density at radius 2 is 2.05 bits per heavy atom. The van der Waals surface area contributed by atoms with Gasteiger partial charge in [0.1, 0.15) is 11.3 Å². The molecule has 0 N–H and O–H groups in total. The molecule has 0 unspecified atom stereocenters. The number of alkyl halides is 1. The Kier molecular flexibility index (Phi) is 4.39. The summed E-state index contributed by atoms with van der Waals surface area (Å²) in [7, 11) is 3.69. The summed E-state index contributed by atoms with van der Waals surface area (Å²) in [5.74, 6) is 1.32. The molecule has 2 aromatic heterocycles. The molecule has 0 bridgehead atoms. The van der Waals surface area contributed by atoms with Crippen LogP contribution in [0.1, 0.15) is 31.8 Å². The molecule has 0 aliphatic carbocycles. The Hall–Kier alpha value is -1.07. The van der Waals surface area contributed by atoms with Gasteiger partial charge in [0, 0.05) is 27.3 Å². The maximum atomic E-state index is 6.06.